The Hall–Kier alpha value is -2.18. The lowest BCUT2D eigenvalue weighted by Gasteiger charge is -2.38. The van der Waals surface area contributed by atoms with Crippen LogP contribution >= 0.6 is 0 Å². The van der Waals surface area contributed by atoms with E-state index in [-0.39, 0.29) is 17.7 Å². The highest BCUT2D eigenvalue weighted by molar-refractivity contribution is 5.80. The van der Waals surface area contributed by atoms with Crippen molar-refractivity contribution >= 4 is 17.6 Å². The van der Waals surface area contributed by atoms with Gasteiger partial charge in [0.15, 0.2) is 0 Å². The van der Waals surface area contributed by atoms with Crippen molar-refractivity contribution in [3.8, 4) is 0 Å². The topological polar surface area (TPSA) is 69.6 Å². The van der Waals surface area contributed by atoms with Crippen LogP contribution in [0.15, 0.2) is 12.4 Å². The van der Waals surface area contributed by atoms with Crippen LogP contribution in [-0.2, 0) is 16.0 Å². The molecule has 1 aromatic rings. The molecule has 136 valence electrons. The van der Waals surface area contributed by atoms with Crippen molar-refractivity contribution in [1.82, 2.24) is 19.8 Å². The second-order valence-corrected chi connectivity index (χ2v) is 6.81. The predicted molar refractivity (Wildman–Crippen MR) is 95.2 cm³/mol. The highest BCUT2D eigenvalue weighted by atomic mass is 16.2. The van der Waals surface area contributed by atoms with Gasteiger partial charge >= 0.3 is 0 Å². The molecule has 3 heterocycles. The van der Waals surface area contributed by atoms with E-state index in [1.165, 1.54) is 0 Å². The fourth-order valence-corrected chi connectivity index (χ4v) is 3.61. The maximum absolute atomic E-state index is 12.8. The second kappa shape index (κ2) is 7.80. The SMILES string of the molecule is CCc1cc(N2CCN(C(=O)C3CCN(C(C)=O)CC3)CC2)ncn1. The minimum absolute atomic E-state index is 0.0629. The van der Waals surface area contributed by atoms with E-state index in [9.17, 15) is 9.59 Å². The summed E-state index contributed by atoms with van der Waals surface area (Å²) in [6, 6.07) is 2.04. The van der Waals surface area contributed by atoms with Crippen molar-refractivity contribution in [1.29, 1.82) is 0 Å². The number of aryl methyl sites for hydroxylation is 1. The normalized spacial score (nSPS) is 19.2. The Morgan fingerprint density at radius 2 is 1.72 bits per heavy atom. The smallest absolute Gasteiger partial charge is 0.225 e. The van der Waals surface area contributed by atoms with Gasteiger partial charge in [-0.25, -0.2) is 9.97 Å². The van der Waals surface area contributed by atoms with Gasteiger partial charge < -0.3 is 14.7 Å². The predicted octanol–water partition coefficient (Wildman–Crippen LogP) is 0.946. The van der Waals surface area contributed by atoms with Crippen molar-refractivity contribution in [2.75, 3.05) is 44.2 Å². The average Bonchev–Trinajstić information content (AvgIpc) is 2.67. The van der Waals surface area contributed by atoms with Crippen molar-refractivity contribution in [2.45, 2.75) is 33.1 Å². The third-order valence-corrected chi connectivity index (χ3v) is 5.28. The first kappa shape index (κ1) is 17.6. The summed E-state index contributed by atoms with van der Waals surface area (Å²) in [6.45, 7) is 8.16. The Labute approximate surface area is 149 Å². The minimum atomic E-state index is 0.0629. The number of nitrogens with zero attached hydrogens (tertiary/aromatic N) is 5. The molecule has 0 spiro atoms. The lowest BCUT2D eigenvalue weighted by molar-refractivity contribution is -0.140. The summed E-state index contributed by atoms with van der Waals surface area (Å²) in [5.41, 5.74) is 1.04. The standard InChI is InChI=1S/C18H27N5O2/c1-3-16-12-17(20-13-19-16)22-8-10-23(11-9-22)18(25)15-4-6-21(7-5-15)14(2)24/h12-13,15H,3-11H2,1-2H3. The lowest BCUT2D eigenvalue weighted by Crippen LogP contribution is -2.52. The number of amides is 2. The van der Waals surface area contributed by atoms with E-state index in [4.69, 9.17) is 0 Å². The van der Waals surface area contributed by atoms with Crippen LogP contribution in [0.2, 0.25) is 0 Å². The number of aromatic nitrogens is 2. The van der Waals surface area contributed by atoms with Gasteiger partial charge in [0.2, 0.25) is 11.8 Å². The summed E-state index contributed by atoms with van der Waals surface area (Å²) >= 11 is 0. The van der Waals surface area contributed by atoms with Crippen LogP contribution in [-0.4, -0.2) is 70.9 Å². The maximum atomic E-state index is 12.8. The van der Waals surface area contributed by atoms with E-state index in [2.05, 4.69) is 21.8 Å². The molecule has 2 amide bonds. The van der Waals surface area contributed by atoms with Gasteiger partial charge in [0, 0.05) is 63.9 Å². The van der Waals surface area contributed by atoms with Crippen molar-refractivity contribution in [2.24, 2.45) is 5.92 Å². The Kier molecular flexibility index (Phi) is 5.50. The number of carbonyl (C=O) groups excluding carboxylic acids is 2. The molecule has 0 bridgehead atoms. The largest absolute Gasteiger partial charge is 0.353 e. The summed E-state index contributed by atoms with van der Waals surface area (Å²) in [5, 5.41) is 0. The Bertz CT molecular complexity index is 620. The quantitative estimate of drug-likeness (QED) is 0.816. The summed E-state index contributed by atoms with van der Waals surface area (Å²) < 4.78 is 0. The molecular weight excluding hydrogens is 318 g/mol. The highest BCUT2D eigenvalue weighted by Gasteiger charge is 2.31. The first-order valence-electron chi connectivity index (χ1n) is 9.18. The molecule has 25 heavy (non-hydrogen) atoms. The summed E-state index contributed by atoms with van der Waals surface area (Å²) in [4.78, 5) is 38.8. The van der Waals surface area contributed by atoms with Gasteiger partial charge in [-0.05, 0) is 19.3 Å². The zero-order valence-corrected chi connectivity index (χ0v) is 15.1. The Balaban J connectivity index is 1.52. The van der Waals surface area contributed by atoms with E-state index >= 15 is 0 Å². The number of anilines is 1. The molecule has 7 nitrogen and oxygen atoms in total. The number of piperazine rings is 1. The number of rotatable bonds is 3. The molecule has 0 unspecified atom stereocenters. The third kappa shape index (κ3) is 4.08. The van der Waals surface area contributed by atoms with E-state index in [0.29, 0.717) is 13.1 Å². The van der Waals surface area contributed by atoms with Crippen LogP contribution in [0.25, 0.3) is 0 Å². The van der Waals surface area contributed by atoms with Crippen molar-refractivity contribution < 1.29 is 9.59 Å². The highest BCUT2D eigenvalue weighted by Crippen LogP contribution is 2.21. The minimum Gasteiger partial charge on any atom is -0.353 e. The average molecular weight is 345 g/mol. The summed E-state index contributed by atoms with van der Waals surface area (Å²) in [6.07, 6.45) is 4.08. The first-order chi connectivity index (χ1) is 12.1. The van der Waals surface area contributed by atoms with Gasteiger partial charge in [0.05, 0.1) is 0 Å². The summed E-state index contributed by atoms with van der Waals surface area (Å²) in [5.74, 6) is 1.37. The van der Waals surface area contributed by atoms with Gasteiger partial charge in [0.1, 0.15) is 12.1 Å². The van der Waals surface area contributed by atoms with Gasteiger partial charge in [-0.3, -0.25) is 9.59 Å². The fourth-order valence-electron chi connectivity index (χ4n) is 3.61. The zero-order valence-electron chi connectivity index (χ0n) is 15.1. The van der Waals surface area contributed by atoms with Gasteiger partial charge in [-0.2, -0.15) is 0 Å². The second-order valence-electron chi connectivity index (χ2n) is 6.81. The van der Waals surface area contributed by atoms with Crippen molar-refractivity contribution in [3.05, 3.63) is 18.1 Å². The van der Waals surface area contributed by atoms with Crippen LogP contribution in [0.4, 0.5) is 5.82 Å². The van der Waals surface area contributed by atoms with E-state index in [0.717, 1.165) is 57.0 Å². The third-order valence-electron chi connectivity index (χ3n) is 5.28. The van der Waals surface area contributed by atoms with Crippen LogP contribution in [0.5, 0.6) is 0 Å². The number of piperidine rings is 1. The van der Waals surface area contributed by atoms with E-state index < -0.39 is 0 Å². The van der Waals surface area contributed by atoms with Gasteiger partial charge in [-0.15, -0.1) is 0 Å². The van der Waals surface area contributed by atoms with Crippen LogP contribution < -0.4 is 4.90 Å². The molecule has 0 aromatic carbocycles. The molecular formula is C18H27N5O2. The number of hydrogen-bond donors (Lipinski definition) is 0. The number of hydrogen-bond acceptors (Lipinski definition) is 5. The molecule has 0 radical (unpaired) electrons. The van der Waals surface area contributed by atoms with E-state index in [1.807, 2.05) is 15.9 Å². The molecule has 0 atom stereocenters. The number of carbonyl (C=O) groups is 2. The lowest BCUT2D eigenvalue weighted by atomic mass is 9.95. The summed E-state index contributed by atoms with van der Waals surface area (Å²) in [7, 11) is 0. The molecule has 2 fully saturated rings. The zero-order chi connectivity index (χ0) is 17.8. The first-order valence-corrected chi connectivity index (χ1v) is 9.18. The fraction of sp³-hybridized carbons (Fsp3) is 0.667. The van der Waals surface area contributed by atoms with Crippen LogP contribution in [0, 0.1) is 5.92 Å². The van der Waals surface area contributed by atoms with Gasteiger partial charge in [-0.1, -0.05) is 6.92 Å². The molecule has 0 N–H and O–H groups in total. The Morgan fingerprint density at radius 1 is 1.04 bits per heavy atom. The molecule has 3 rings (SSSR count). The molecule has 7 heteroatoms. The van der Waals surface area contributed by atoms with Crippen LogP contribution in [0.3, 0.4) is 0 Å². The van der Waals surface area contributed by atoms with Gasteiger partial charge in [0.25, 0.3) is 0 Å². The van der Waals surface area contributed by atoms with E-state index in [1.54, 1.807) is 13.3 Å². The molecule has 2 saturated heterocycles. The maximum Gasteiger partial charge on any atom is 0.225 e. The Morgan fingerprint density at radius 3 is 2.32 bits per heavy atom. The van der Waals surface area contributed by atoms with Crippen molar-refractivity contribution in [3.63, 3.8) is 0 Å². The molecule has 2 aliphatic heterocycles. The monoisotopic (exact) mass is 345 g/mol. The van der Waals surface area contributed by atoms with Crippen LogP contribution in [0.1, 0.15) is 32.4 Å². The molecule has 0 saturated carbocycles. The molecule has 2 aliphatic rings. The molecule has 1 aromatic heterocycles. The molecule has 0 aliphatic carbocycles. The number of likely N-dealkylation sites (tertiary alicyclic amines) is 1.